The van der Waals surface area contributed by atoms with Gasteiger partial charge in [0.2, 0.25) is 0 Å². The van der Waals surface area contributed by atoms with Gasteiger partial charge in [0.15, 0.2) is 0 Å². The number of nitrogens with two attached hydrogens (primary N) is 1. The van der Waals surface area contributed by atoms with E-state index in [0.717, 1.165) is 23.1 Å². The van der Waals surface area contributed by atoms with E-state index >= 15 is 0 Å². The number of hydrogen-bond donors (Lipinski definition) is 1. The fraction of sp³-hybridized carbons (Fsp3) is 0.100. The first-order valence-electron chi connectivity index (χ1n) is 4.13. The summed E-state index contributed by atoms with van der Waals surface area (Å²) in [6.07, 6.45) is 3.64. The Balaban J connectivity index is 2.61. The van der Waals surface area contributed by atoms with Crippen LogP contribution in [0.3, 0.4) is 0 Å². The maximum Gasteiger partial charge on any atom is 0.0687 e. The van der Waals surface area contributed by atoms with E-state index < -0.39 is 0 Å². The van der Waals surface area contributed by atoms with Gasteiger partial charge in [-0.05, 0) is 18.2 Å². The van der Waals surface area contributed by atoms with E-state index in [9.17, 15) is 0 Å². The molecule has 66 valence electrons. The van der Waals surface area contributed by atoms with Crippen molar-refractivity contribution >= 4 is 16.6 Å². The summed E-state index contributed by atoms with van der Waals surface area (Å²) in [5.74, 6) is 0. The van der Waals surface area contributed by atoms with Crippen molar-refractivity contribution in [3.63, 3.8) is 0 Å². The molecule has 0 saturated carbocycles. The molecule has 1 aromatic carbocycles. The SMILES string of the molecule is C=CCn1ncc2cc(N)ccc21. The Morgan fingerprint density at radius 1 is 1.54 bits per heavy atom. The van der Waals surface area contributed by atoms with Gasteiger partial charge in [-0.15, -0.1) is 6.58 Å². The predicted molar refractivity (Wildman–Crippen MR) is 54.3 cm³/mol. The van der Waals surface area contributed by atoms with Crippen molar-refractivity contribution < 1.29 is 0 Å². The van der Waals surface area contributed by atoms with Gasteiger partial charge in [0.25, 0.3) is 0 Å². The lowest BCUT2D eigenvalue weighted by molar-refractivity contribution is 0.729. The molecule has 1 aromatic heterocycles. The summed E-state index contributed by atoms with van der Waals surface area (Å²) < 4.78 is 1.89. The Morgan fingerprint density at radius 2 is 2.38 bits per heavy atom. The molecule has 0 amide bonds. The van der Waals surface area contributed by atoms with Crippen LogP contribution < -0.4 is 5.73 Å². The number of fused-ring (bicyclic) bond motifs is 1. The van der Waals surface area contributed by atoms with Crippen LogP contribution in [-0.4, -0.2) is 9.78 Å². The lowest BCUT2D eigenvalue weighted by Gasteiger charge is -1.98. The third-order valence-electron chi connectivity index (χ3n) is 1.97. The molecule has 0 spiro atoms. The molecule has 3 heteroatoms. The predicted octanol–water partition coefficient (Wildman–Crippen LogP) is 1.80. The van der Waals surface area contributed by atoms with Crippen molar-refractivity contribution in [3.05, 3.63) is 37.1 Å². The summed E-state index contributed by atoms with van der Waals surface area (Å²) >= 11 is 0. The molecule has 0 atom stereocenters. The van der Waals surface area contributed by atoms with Crippen molar-refractivity contribution in [2.75, 3.05) is 5.73 Å². The topological polar surface area (TPSA) is 43.8 Å². The minimum atomic E-state index is 0.730. The number of anilines is 1. The quantitative estimate of drug-likeness (QED) is 0.556. The van der Waals surface area contributed by atoms with Crippen LogP contribution in [0.1, 0.15) is 0 Å². The maximum atomic E-state index is 5.65. The highest BCUT2D eigenvalue weighted by Gasteiger charge is 2.00. The average Bonchev–Trinajstić information content (AvgIpc) is 2.49. The Hall–Kier alpha value is -1.77. The first kappa shape index (κ1) is 7.86. The average molecular weight is 173 g/mol. The van der Waals surface area contributed by atoms with Crippen LogP contribution in [0.5, 0.6) is 0 Å². The van der Waals surface area contributed by atoms with Gasteiger partial charge >= 0.3 is 0 Å². The van der Waals surface area contributed by atoms with Gasteiger partial charge in [-0.2, -0.15) is 5.10 Å². The molecule has 13 heavy (non-hydrogen) atoms. The molecule has 0 saturated heterocycles. The molecule has 0 aliphatic rings. The van der Waals surface area contributed by atoms with E-state index in [-0.39, 0.29) is 0 Å². The molecule has 0 aliphatic carbocycles. The van der Waals surface area contributed by atoms with E-state index in [1.165, 1.54) is 0 Å². The van der Waals surface area contributed by atoms with Crippen LogP contribution >= 0.6 is 0 Å². The molecule has 0 bridgehead atoms. The zero-order valence-corrected chi connectivity index (χ0v) is 7.27. The van der Waals surface area contributed by atoms with Gasteiger partial charge in [-0.25, -0.2) is 0 Å². The van der Waals surface area contributed by atoms with Crippen LogP contribution in [0.15, 0.2) is 37.1 Å². The summed E-state index contributed by atoms with van der Waals surface area (Å²) in [5.41, 5.74) is 7.51. The van der Waals surface area contributed by atoms with Crippen molar-refractivity contribution in [3.8, 4) is 0 Å². The standard InChI is InChI=1S/C10H11N3/c1-2-5-13-10-4-3-9(11)6-8(10)7-12-13/h2-4,6-7H,1,5,11H2. The molecule has 2 aromatic rings. The molecule has 0 aliphatic heterocycles. The van der Waals surface area contributed by atoms with Crippen LogP contribution in [0, 0.1) is 0 Å². The highest BCUT2D eigenvalue weighted by molar-refractivity contribution is 5.81. The Labute approximate surface area is 76.5 Å². The van der Waals surface area contributed by atoms with Gasteiger partial charge in [0.05, 0.1) is 18.3 Å². The lowest BCUT2D eigenvalue weighted by atomic mass is 10.2. The van der Waals surface area contributed by atoms with Crippen molar-refractivity contribution in [2.45, 2.75) is 6.54 Å². The van der Waals surface area contributed by atoms with Crippen LogP contribution in [0.2, 0.25) is 0 Å². The summed E-state index contributed by atoms with van der Waals surface area (Å²) in [5, 5.41) is 5.29. The van der Waals surface area contributed by atoms with Crippen molar-refractivity contribution in [2.24, 2.45) is 0 Å². The molecule has 0 radical (unpaired) electrons. The van der Waals surface area contributed by atoms with Crippen LogP contribution in [-0.2, 0) is 6.54 Å². The summed E-state index contributed by atoms with van der Waals surface area (Å²) in [7, 11) is 0. The molecule has 0 fully saturated rings. The lowest BCUT2D eigenvalue weighted by Crippen LogP contribution is -1.96. The van der Waals surface area contributed by atoms with Gasteiger partial charge in [-0.1, -0.05) is 6.08 Å². The minimum Gasteiger partial charge on any atom is -0.399 e. The van der Waals surface area contributed by atoms with E-state index in [2.05, 4.69) is 11.7 Å². The smallest absolute Gasteiger partial charge is 0.0687 e. The molecule has 0 unspecified atom stereocenters. The number of benzene rings is 1. The van der Waals surface area contributed by atoms with Crippen LogP contribution in [0.25, 0.3) is 10.9 Å². The second-order valence-electron chi connectivity index (χ2n) is 2.93. The molecule has 1 heterocycles. The highest BCUT2D eigenvalue weighted by Crippen LogP contribution is 2.16. The number of aromatic nitrogens is 2. The Bertz CT molecular complexity index is 442. The van der Waals surface area contributed by atoms with Crippen molar-refractivity contribution in [1.82, 2.24) is 9.78 Å². The summed E-state index contributed by atoms with van der Waals surface area (Å²) in [6.45, 7) is 4.40. The molecule has 2 N–H and O–H groups in total. The van der Waals surface area contributed by atoms with E-state index in [0.29, 0.717) is 0 Å². The molecule has 2 rings (SSSR count). The largest absolute Gasteiger partial charge is 0.399 e. The van der Waals surface area contributed by atoms with E-state index in [1.54, 1.807) is 0 Å². The Kier molecular flexibility index (Phi) is 1.77. The van der Waals surface area contributed by atoms with E-state index in [1.807, 2.05) is 35.2 Å². The molecular weight excluding hydrogens is 162 g/mol. The Morgan fingerprint density at radius 3 is 3.15 bits per heavy atom. The van der Waals surface area contributed by atoms with Crippen LogP contribution in [0.4, 0.5) is 5.69 Å². The number of hydrogen-bond acceptors (Lipinski definition) is 2. The van der Waals surface area contributed by atoms with Gasteiger partial charge in [0, 0.05) is 11.1 Å². The zero-order chi connectivity index (χ0) is 9.26. The first-order chi connectivity index (χ1) is 6.31. The first-order valence-corrected chi connectivity index (χ1v) is 4.13. The highest BCUT2D eigenvalue weighted by atomic mass is 15.3. The monoisotopic (exact) mass is 173 g/mol. The maximum absolute atomic E-state index is 5.65. The molecule has 3 nitrogen and oxygen atoms in total. The van der Waals surface area contributed by atoms with Crippen molar-refractivity contribution in [1.29, 1.82) is 0 Å². The van der Waals surface area contributed by atoms with Gasteiger partial charge < -0.3 is 5.73 Å². The normalized spacial score (nSPS) is 10.5. The third kappa shape index (κ3) is 1.28. The van der Waals surface area contributed by atoms with Gasteiger partial charge in [-0.3, -0.25) is 4.68 Å². The fourth-order valence-corrected chi connectivity index (χ4v) is 1.37. The third-order valence-corrected chi connectivity index (χ3v) is 1.97. The van der Waals surface area contributed by atoms with E-state index in [4.69, 9.17) is 5.73 Å². The number of nitrogen functional groups attached to an aromatic ring is 1. The number of rotatable bonds is 2. The fourth-order valence-electron chi connectivity index (χ4n) is 1.37. The summed E-state index contributed by atoms with van der Waals surface area (Å²) in [6, 6.07) is 5.77. The second-order valence-corrected chi connectivity index (χ2v) is 2.93. The minimum absolute atomic E-state index is 0.730. The van der Waals surface area contributed by atoms with Gasteiger partial charge in [0.1, 0.15) is 0 Å². The number of allylic oxidation sites excluding steroid dienone is 1. The zero-order valence-electron chi connectivity index (χ0n) is 7.27. The second kappa shape index (κ2) is 2.94. The molecular formula is C10H11N3. The number of nitrogens with zero attached hydrogens (tertiary/aromatic N) is 2. The summed E-state index contributed by atoms with van der Waals surface area (Å²) in [4.78, 5) is 0.